The van der Waals surface area contributed by atoms with Crippen LogP contribution in [0.1, 0.15) is 40.0 Å². The fourth-order valence-electron chi connectivity index (χ4n) is 2.14. The SMILES string of the molecule is CCCCOCCCNS(=O)(=O)N1CC(C)OC(C)C1. The lowest BCUT2D eigenvalue weighted by molar-refractivity contribution is -0.0444. The van der Waals surface area contributed by atoms with Crippen molar-refractivity contribution < 1.29 is 17.9 Å². The minimum atomic E-state index is -3.40. The Kier molecular flexibility index (Phi) is 7.98. The van der Waals surface area contributed by atoms with Gasteiger partial charge in [0.05, 0.1) is 12.2 Å². The van der Waals surface area contributed by atoms with Crippen molar-refractivity contribution in [1.82, 2.24) is 9.03 Å². The molecular weight excluding hydrogens is 280 g/mol. The molecule has 1 aliphatic rings. The van der Waals surface area contributed by atoms with Gasteiger partial charge in [-0.2, -0.15) is 12.7 Å². The minimum absolute atomic E-state index is 0.0623. The number of nitrogens with zero attached hydrogens (tertiary/aromatic N) is 1. The Morgan fingerprint density at radius 1 is 1.20 bits per heavy atom. The monoisotopic (exact) mass is 308 g/mol. The van der Waals surface area contributed by atoms with Crippen LogP contribution in [-0.4, -0.2) is 57.8 Å². The van der Waals surface area contributed by atoms with Crippen molar-refractivity contribution in [2.24, 2.45) is 0 Å². The highest BCUT2D eigenvalue weighted by atomic mass is 32.2. The van der Waals surface area contributed by atoms with E-state index in [9.17, 15) is 8.42 Å². The highest BCUT2D eigenvalue weighted by Gasteiger charge is 2.30. The molecule has 20 heavy (non-hydrogen) atoms. The number of morpholine rings is 1. The summed E-state index contributed by atoms with van der Waals surface area (Å²) in [5.74, 6) is 0. The second kappa shape index (κ2) is 8.94. The molecule has 120 valence electrons. The van der Waals surface area contributed by atoms with Crippen LogP contribution in [-0.2, 0) is 19.7 Å². The predicted octanol–water partition coefficient (Wildman–Crippen LogP) is 1.14. The van der Waals surface area contributed by atoms with Crippen molar-refractivity contribution in [1.29, 1.82) is 0 Å². The molecule has 1 aliphatic heterocycles. The van der Waals surface area contributed by atoms with E-state index in [4.69, 9.17) is 9.47 Å². The fourth-order valence-corrected chi connectivity index (χ4v) is 3.54. The molecule has 0 aromatic rings. The number of hydrogen-bond donors (Lipinski definition) is 1. The van der Waals surface area contributed by atoms with Gasteiger partial charge in [0.25, 0.3) is 10.2 Å². The Bertz CT molecular complexity index is 351. The first-order valence-electron chi connectivity index (χ1n) is 7.43. The van der Waals surface area contributed by atoms with Crippen molar-refractivity contribution in [3.63, 3.8) is 0 Å². The van der Waals surface area contributed by atoms with Crippen LogP contribution < -0.4 is 4.72 Å². The van der Waals surface area contributed by atoms with Gasteiger partial charge in [-0.05, 0) is 26.7 Å². The lowest BCUT2D eigenvalue weighted by Crippen LogP contribution is -2.52. The minimum Gasteiger partial charge on any atom is -0.381 e. The molecule has 0 amide bonds. The summed E-state index contributed by atoms with van der Waals surface area (Å²) < 4.78 is 39.3. The van der Waals surface area contributed by atoms with Crippen LogP contribution in [0, 0.1) is 0 Å². The van der Waals surface area contributed by atoms with Crippen LogP contribution in [0.3, 0.4) is 0 Å². The van der Waals surface area contributed by atoms with E-state index in [-0.39, 0.29) is 12.2 Å². The van der Waals surface area contributed by atoms with Gasteiger partial charge in [0.1, 0.15) is 0 Å². The number of rotatable bonds is 9. The van der Waals surface area contributed by atoms with Crippen LogP contribution in [0.15, 0.2) is 0 Å². The zero-order valence-corrected chi connectivity index (χ0v) is 13.6. The average Bonchev–Trinajstić information content (AvgIpc) is 2.36. The maximum absolute atomic E-state index is 12.1. The van der Waals surface area contributed by atoms with E-state index in [1.54, 1.807) is 0 Å². The van der Waals surface area contributed by atoms with Crippen molar-refractivity contribution in [3.05, 3.63) is 0 Å². The third-order valence-corrected chi connectivity index (χ3v) is 4.67. The molecule has 6 nitrogen and oxygen atoms in total. The summed E-state index contributed by atoms with van der Waals surface area (Å²) in [6.45, 7) is 8.47. The quantitative estimate of drug-likeness (QED) is 0.649. The van der Waals surface area contributed by atoms with E-state index in [1.165, 1.54) is 4.31 Å². The average molecular weight is 308 g/mol. The van der Waals surface area contributed by atoms with Crippen LogP contribution >= 0.6 is 0 Å². The van der Waals surface area contributed by atoms with Crippen LogP contribution in [0.4, 0.5) is 0 Å². The molecule has 1 heterocycles. The van der Waals surface area contributed by atoms with Crippen molar-refractivity contribution in [3.8, 4) is 0 Å². The van der Waals surface area contributed by atoms with Crippen LogP contribution in [0.5, 0.6) is 0 Å². The molecule has 0 saturated carbocycles. The first-order chi connectivity index (χ1) is 9.45. The summed E-state index contributed by atoms with van der Waals surface area (Å²) in [5, 5.41) is 0. The zero-order valence-electron chi connectivity index (χ0n) is 12.8. The Labute approximate surface area is 123 Å². The van der Waals surface area contributed by atoms with Crippen molar-refractivity contribution >= 4 is 10.2 Å². The van der Waals surface area contributed by atoms with Gasteiger partial charge in [0.15, 0.2) is 0 Å². The van der Waals surface area contributed by atoms with Gasteiger partial charge >= 0.3 is 0 Å². The Hall–Kier alpha value is -0.210. The summed E-state index contributed by atoms with van der Waals surface area (Å²) >= 11 is 0. The molecule has 0 aliphatic carbocycles. The number of hydrogen-bond acceptors (Lipinski definition) is 4. The Morgan fingerprint density at radius 3 is 2.40 bits per heavy atom. The standard InChI is InChI=1S/C13H28N2O4S/c1-4-5-8-18-9-6-7-14-20(16,17)15-10-12(2)19-13(3)11-15/h12-14H,4-11H2,1-3H3. The van der Waals surface area contributed by atoms with E-state index >= 15 is 0 Å². The summed E-state index contributed by atoms with van der Waals surface area (Å²) in [6.07, 6.45) is 2.73. The smallest absolute Gasteiger partial charge is 0.279 e. The number of nitrogens with one attached hydrogen (secondary N) is 1. The zero-order chi connectivity index (χ0) is 15.0. The highest BCUT2D eigenvalue weighted by molar-refractivity contribution is 7.87. The third-order valence-electron chi connectivity index (χ3n) is 3.12. The highest BCUT2D eigenvalue weighted by Crippen LogP contribution is 2.13. The molecule has 7 heteroatoms. The molecule has 1 fully saturated rings. The Balaban J connectivity index is 2.24. The maximum Gasteiger partial charge on any atom is 0.279 e. The van der Waals surface area contributed by atoms with Crippen molar-refractivity contribution in [2.75, 3.05) is 32.8 Å². The summed E-state index contributed by atoms with van der Waals surface area (Å²) in [6, 6.07) is 0. The fraction of sp³-hybridized carbons (Fsp3) is 1.00. The molecule has 0 radical (unpaired) electrons. The summed E-state index contributed by atoms with van der Waals surface area (Å²) in [5.41, 5.74) is 0. The van der Waals surface area contributed by atoms with Gasteiger partial charge in [-0.3, -0.25) is 0 Å². The normalized spacial score (nSPS) is 24.9. The van der Waals surface area contributed by atoms with Crippen LogP contribution in [0.25, 0.3) is 0 Å². The molecule has 0 spiro atoms. The van der Waals surface area contributed by atoms with Gasteiger partial charge in [-0.1, -0.05) is 13.3 Å². The largest absolute Gasteiger partial charge is 0.381 e. The Morgan fingerprint density at radius 2 is 1.80 bits per heavy atom. The molecule has 1 rings (SSSR count). The molecule has 0 aromatic carbocycles. The van der Waals surface area contributed by atoms with E-state index < -0.39 is 10.2 Å². The molecule has 1 saturated heterocycles. The first-order valence-corrected chi connectivity index (χ1v) is 8.87. The first kappa shape index (κ1) is 17.8. The number of unbranched alkanes of at least 4 members (excludes halogenated alkanes) is 1. The van der Waals surface area contributed by atoms with Gasteiger partial charge in [-0.15, -0.1) is 0 Å². The lowest BCUT2D eigenvalue weighted by Gasteiger charge is -2.34. The molecule has 2 atom stereocenters. The summed E-state index contributed by atoms with van der Waals surface area (Å²) in [7, 11) is -3.40. The molecule has 2 unspecified atom stereocenters. The van der Waals surface area contributed by atoms with E-state index in [2.05, 4.69) is 11.6 Å². The van der Waals surface area contributed by atoms with E-state index in [0.29, 0.717) is 32.7 Å². The predicted molar refractivity (Wildman–Crippen MR) is 78.8 cm³/mol. The van der Waals surface area contributed by atoms with E-state index in [1.807, 2.05) is 13.8 Å². The maximum atomic E-state index is 12.1. The second-order valence-electron chi connectivity index (χ2n) is 5.29. The van der Waals surface area contributed by atoms with Gasteiger partial charge in [-0.25, -0.2) is 4.72 Å². The third kappa shape index (κ3) is 6.49. The summed E-state index contributed by atoms with van der Waals surface area (Å²) in [4.78, 5) is 0. The molecule has 0 bridgehead atoms. The van der Waals surface area contributed by atoms with Gasteiger partial charge in [0, 0.05) is 32.8 Å². The molecule has 1 N–H and O–H groups in total. The van der Waals surface area contributed by atoms with Crippen LogP contribution in [0.2, 0.25) is 0 Å². The molecule has 0 aromatic heterocycles. The number of ether oxygens (including phenoxy) is 2. The molecular formula is C13H28N2O4S. The van der Waals surface area contributed by atoms with Crippen molar-refractivity contribution in [2.45, 2.75) is 52.2 Å². The van der Waals surface area contributed by atoms with Gasteiger partial charge in [0.2, 0.25) is 0 Å². The topological polar surface area (TPSA) is 67.9 Å². The van der Waals surface area contributed by atoms with Gasteiger partial charge < -0.3 is 9.47 Å². The lowest BCUT2D eigenvalue weighted by atomic mass is 10.3. The van der Waals surface area contributed by atoms with E-state index in [0.717, 1.165) is 19.4 Å². The second-order valence-corrected chi connectivity index (χ2v) is 7.05.